The summed E-state index contributed by atoms with van der Waals surface area (Å²) in [5, 5.41) is 9.66. The molecule has 4 aromatic heterocycles. The molecule has 8 bridgehead atoms. The van der Waals surface area contributed by atoms with Gasteiger partial charge in [-0.2, -0.15) is 0 Å². The summed E-state index contributed by atoms with van der Waals surface area (Å²) in [4.78, 5) is 21.7. The van der Waals surface area contributed by atoms with Gasteiger partial charge in [-0.3, -0.25) is 0 Å². The van der Waals surface area contributed by atoms with Gasteiger partial charge in [0.15, 0.2) is 0 Å². The van der Waals surface area contributed by atoms with Crippen LogP contribution in [0, 0.1) is 0 Å². The molecule has 0 aliphatic carbocycles. The van der Waals surface area contributed by atoms with Crippen LogP contribution in [0.5, 0.6) is 23.0 Å². The van der Waals surface area contributed by atoms with Gasteiger partial charge in [0, 0.05) is 58.6 Å². The van der Waals surface area contributed by atoms with Crippen LogP contribution in [-0.2, 0) is 28.2 Å². The van der Waals surface area contributed by atoms with E-state index >= 15 is 0 Å². The second kappa shape index (κ2) is 22.1. The molecule has 0 fully saturated rings. The predicted octanol–water partition coefficient (Wildman–Crippen LogP) is 18.0. The van der Waals surface area contributed by atoms with E-state index in [0.29, 0.717) is 40.9 Å². The second-order valence-electron chi connectivity index (χ2n) is 26.3. The fourth-order valence-corrected chi connectivity index (χ4v) is 11.1. The molecule has 0 saturated carbocycles. The third kappa shape index (κ3) is 11.7. The van der Waals surface area contributed by atoms with Crippen molar-refractivity contribution >= 4 is 63.4 Å². The first-order valence-electron chi connectivity index (χ1n) is 29.1. The van der Waals surface area contributed by atoms with Crippen molar-refractivity contribution in [2.45, 2.75) is 111 Å². The molecule has 2 N–H and O–H groups in total. The highest BCUT2D eigenvalue weighted by atomic mass is 16.5. The number of anilines is 3. The van der Waals surface area contributed by atoms with Crippen LogP contribution in [0.3, 0.4) is 0 Å². The van der Waals surface area contributed by atoms with Crippen LogP contribution in [0.15, 0.2) is 134 Å². The highest BCUT2D eigenvalue weighted by Crippen LogP contribution is 2.47. The Labute approximate surface area is 500 Å². The number of nitrogens with zero attached hydrogens (tertiary/aromatic N) is 6. The number of nitrogens with one attached hydrogen (secondary N) is 2. The molecule has 5 aromatic carbocycles. The Morgan fingerprint density at radius 2 is 0.800 bits per heavy atom. The third-order valence-electron chi connectivity index (χ3n) is 16.0. The SMILES string of the molecule is COc1cc(OC)cc(N(c2cc(OC)cc(OC)c2)c2c3nc(c(-c4cc(C(C)(C)C)cc(C(C)(C)C)c4)c4ccc([nH]4)c(-c4cn(Cc5ccccc5)nn4)c4nc(c(-c5cc(C(C)(C)C)cc(C(C)(C)C)c5)c5ccc2[nH]5)C=C4)C=C3)c1. The number of ether oxygens (including phenoxy) is 4. The van der Waals surface area contributed by atoms with E-state index in [2.05, 4.69) is 195 Å². The number of H-pyrrole nitrogens is 2. The Morgan fingerprint density at radius 1 is 0.424 bits per heavy atom. The number of aromatic nitrogens is 7. The van der Waals surface area contributed by atoms with Crippen LogP contribution in [0.25, 0.3) is 79.9 Å². The van der Waals surface area contributed by atoms with Crippen molar-refractivity contribution in [3.05, 3.63) is 184 Å². The lowest BCUT2D eigenvalue weighted by Gasteiger charge is -2.28. The largest absolute Gasteiger partial charge is 0.497 e. The van der Waals surface area contributed by atoms with Crippen LogP contribution >= 0.6 is 0 Å². The molecule has 0 saturated heterocycles. The molecule has 0 spiro atoms. The normalized spacial score (nSPS) is 12.7. The molecule has 0 unspecified atom stereocenters. The van der Waals surface area contributed by atoms with Crippen molar-refractivity contribution in [3.8, 4) is 56.5 Å². The van der Waals surface area contributed by atoms with Gasteiger partial charge in [0.25, 0.3) is 0 Å². The van der Waals surface area contributed by atoms with Gasteiger partial charge in [-0.1, -0.05) is 155 Å². The van der Waals surface area contributed by atoms with E-state index in [1.165, 1.54) is 22.3 Å². The lowest BCUT2D eigenvalue weighted by molar-refractivity contribution is 0.394. The van der Waals surface area contributed by atoms with Crippen LogP contribution in [-0.4, -0.2) is 63.4 Å². The van der Waals surface area contributed by atoms with Crippen LogP contribution < -0.4 is 23.8 Å². The highest BCUT2D eigenvalue weighted by Gasteiger charge is 2.29. The van der Waals surface area contributed by atoms with Crippen molar-refractivity contribution in [1.29, 1.82) is 0 Å². The minimum Gasteiger partial charge on any atom is -0.497 e. The van der Waals surface area contributed by atoms with Gasteiger partial charge in [-0.05, 0) is 109 Å². The second-order valence-corrected chi connectivity index (χ2v) is 26.3. The fourth-order valence-electron chi connectivity index (χ4n) is 11.1. The van der Waals surface area contributed by atoms with E-state index in [-0.39, 0.29) is 21.7 Å². The maximum Gasteiger partial charge on any atom is 0.124 e. The molecule has 11 rings (SSSR count). The van der Waals surface area contributed by atoms with E-state index in [1.807, 2.05) is 65.5 Å². The van der Waals surface area contributed by atoms with Crippen molar-refractivity contribution in [3.63, 3.8) is 0 Å². The van der Waals surface area contributed by atoms with Gasteiger partial charge in [-0.25, -0.2) is 14.6 Å². The number of benzene rings is 5. The smallest absolute Gasteiger partial charge is 0.124 e. The lowest BCUT2D eigenvalue weighted by Crippen LogP contribution is -2.16. The average molecular weight is 1130 g/mol. The summed E-state index contributed by atoms with van der Waals surface area (Å²) < 4.78 is 25.9. The van der Waals surface area contributed by atoms with Gasteiger partial charge >= 0.3 is 0 Å². The highest BCUT2D eigenvalue weighted by molar-refractivity contribution is 6.01. The summed E-state index contributed by atoms with van der Waals surface area (Å²) in [5.74, 6) is 2.43. The molecule has 9 aromatic rings. The Bertz CT molecular complexity index is 4030. The third-order valence-corrected chi connectivity index (χ3v) is 16.0. The van der Waals surface area contributed by atoms with Gasteiger partial charge in [-0.15, -0.1) is 5.10 Å². The van der Waals surface area contributed by atoms with Crippen molar-refractivity contribution in [1.82, 2.24) is 34.9 Å². The molecule has 2 aliphatic rings. The zero-order valence-corrected chi connectivity index (χ0v) is 52.0. The summed E-state index contributed by atoms with van der Waals surface area (Å²) >= 11 is 0. The summed E-state index contributed by atoms with van der Waals surface area (Å²) in [6.07, 6.45) is 10.5. The van der Waals surface area contributed by atoms with Gasteiger partial charge in [0.1, 0.15) is 28.7 Å². The molecule has 0 amide bonds. The van der Waals surface area contributed by atoms with E-state index < -0.39 is 0 Å². The maximum atomic E-state index is 6.01. The van der Waals surface area contributed by atoms with Crippen molar-refractivity contribution in [2.75, 3.05) is 33.3 Å². The van der Waals surface area contributed by atoms with Crippen LogP contribution in [0.4, 0.5) is 17.1 Å². The number of aromatic amines is 2. The summed E-state index contributed by atoms with van der Waals surface area (Å²) in [6.45, 7) is 27.8. The van der Waals surface area contributed by atoms with Crippen molar-refractivity contribution < 1.29 is 18.9 Å². The molecule has 6 heterocycles. The Balaban J connectivity index is 1.35. The quantitative estimate of drug-likeness (QED) is 0.123. The Morgan fingerprint density at radius 3 is 1.22 bits per heavy atom. The predicted molar refractivity (Wildman–Crippen MR) is 350 cm³/mol. The molecule has 12 heteroatoms. The van der Waals surface area contributed by atoms with Gasteiger partial charge in [0.2, 0.25) is 0 Å². The minimum atomic E-state index is -0.172. The molecule has 434 valence electrons. The first-order valence-corrected chi connectivity index (χ1v) is 29.1. The summed E-state index contributed by atoms with van der Waals surface area (Å²) in [5.41, 5.74) is 19.3. The van der Waals surface area contributed by atoms with Crippen LogP contribution in [0.1, 0.15) is 134 Å². The molecule has 85 heavy (non-hydrogen) atoms. The van der Waals surface area contributed by atoms with Gasteiger partial charge in [0.05, 0.1) is 97.6 Å². The zero-order chi connectivity index (χ0) is 60.3. The standard InChI is InChI=1S/C73H78N8O4/c1-70(2,3)47-30-45(31-48(34-47)71(4,5)6)66-57-22-24-61(74-57)68(65-43-80(79-78-65)42-44-20-18-17-19-21-44)62-25-23-58(75-62)67(46-32-49(72(7,8)9)35-50(33-46)73(10,11)12)60-27-29-64(77-60)69(63-28-26-59(66)76-63)81(51-36-53(82-13)40-54(37-51)83-14)52-38-55(84-15)41-56(39-52)85-16/h17-41,43,74,77H,42H2,1-16H3. The molecule has 12 nitrogen and oxygen atoms in total. The molecular weight excluding hydrogens is 1050 g/mol. The van der Waals surface area contributed by atoms with E-state index in [4.69, 9.17) is 39.2 Å². The number of fused-ring (bicyclic) bond motifs is 8. The number of rotatable bonds is 12. The topological polar surface area (TPSA) is 128 Å². The average Bonchev–Trinajstić information content (AvgIpc) is 2.60. The maximum absolute atomic E-state index is 6.01. The first-order chi connectivity index (χ1) is 40.4. The zero-order valence-electron chi connectivity index (χ0n) is 52.0. The van der Waals surface area contributed by atoms with Crippen molar-refractivity contribution in [2.24, 2.45) is 0 Å². The molecule has 0 atom stereocenters. The summed E-state index contributed by atoms with van der Waals surface area (Å²) in [6, 6.07) is 44.8. The first kappa shape index (κ1) is 57.6. The Kier molecular flexibility index (Phi) is 15.0. The molecular formula is C73H78N8O4. The van der Waals surface area contributed by atoms with E-state index in [1.54, 1.807) is 28.4 Å². The van der Waals surface area contributed by atoms with E-state index in [0.717, 1.165) is 89.6 Å². The lowest BCUT2D eigenvalue weighted by atomic mass is 9.78. The molecule has 0 radical (unpaired) electrons. The number of hydrogen-bond acceptors (Lipinski definition) is 9. The molecule has 2 aliphatic heterocycles. The minimum absolute atomic E-state index is 0.172. The summed E-state index contributed by atoms with van der Waals surface area (Å²) in [7, 11) is 6.66. The van der Waals surface area contributed by atoms with E-state index in [9.17, 15) is 0 Å². The number of hydrogen-bond donors (Lipinski definition) is 2. The Hall–Kier alpha value is -9.16. The number of methoxy groups -OCH3 is 4. The van der Waals surface area contributed by atoms with Gasteiger partial charge < -0.3 is 33.8 Å². The fraction of sp³-hybridized carbons (Fsp3) is 0.288. The monoisotopic (exact) mass is 1130 g/mol. The van der Waals surface area contributed by atoms with Crippen LogP contribution in [0.2, 0.25) is 0 Å².